The van der Waals surface area contributed by atoms with Gasteiger partial charge in [0.05, 0.1) is 26.2 Å². The normalized spacial score (nSPS) is 14.3. The molecule has 2 N–H and O–H groups in total. The average molecular weight is 350 g/mol. The molecule has 0 radical (unpaired) electrons. The van der Waals surface area contributed by atoms with Crippen LogP contribution in [-0.2, 0) is 13.0 Å². The Morgan fingerprint density at radius 1 is 1.38 bits per heavy atom. The molecule has 0 atom stereocenters. The van der Waals surface area contributed by atoms with Crippen LogP contribution in [0.15, 0.2) is 6.33 Å². The molecule has 0 amide bonds. The minimum atomic E-state index is 0. The van der Waals surface area contributed by atoms with E-state index in [9.17, 15) is 5.26 Å². The van der Waals surface area contributed by atoms with Gasteiger partial charge in [0.25, 0.3) is 0 Å². The number of fused-ring (bicyclic) bond motifs is 3. The average Bonchev–Trinajstić information content (AvgIpc) is 3.00. The molecule has 8 heteroatoms. The first-order valence-corrected chi connectivity index (χ1v) is 8.10. The van der Waals surface area contributed by atoms with E-state index in [1.807, 2.05) is 4.40 Å². The van der Waals surface area contributed by atoms with E-state index in [1.165, 1.54) is 4.90 Å². The molecule has 2 aromatic rings. The van der Waals surface area contributed by atoms with Gasteiger partial charge in [-0.25, -0.2) is 0 Å². The zero-order chi connectivity index (χ0) is 16.4. The van der Waals surface area contributed by atoms with Gasteiger partial charge in [-0.05, 0) is 19.0 Å². The monoisotopic (exact) mass is 349 g/mol. The summed E-state index contributed by atoms with van der Waals surface area (Å²) in [6.45, 7) is 3.72. The predicted octanol–water partition coefficient (Wildman–Crippen LogP) is -3.46. The van der Waals surface area contributed by atoms with E-state index >= 15 is 0 Å². The van der Waals surface area contributed by atoms with Gasteiger partial charge >= 0.3 is 0 Å². The van der Waals surface area contributed by atoms with Crippen molar-refractivity contribution in [3.8, 4) is 6.07 Å². The summed E-state index contributed by atoms with van der Waals surface area (Å²) >= 11 is 0. The van der Waals surface area contributed by atoms with Crippen molar-refractivity contribution in [2.24, 2.45) is 0 Å². The fraction of sp³-hybridized carbons (Fsp3) is 0.562. The molecule has 2 aromatic heterocycles. The summed E-state index contributed by atoms with van der Waals surface area (Å²) in [5.74, 6) is 0.838. The van der Waals surface area contributed by atoms with Crippen molar-refractivity contribution in [2.45, 2.75) is 19.4 Å². The molecule has 3 heterocycles. The standard InChI is InChI=1S/C16H23N7.ClH/c1-21(2)7-4-6-18-15-13(9-17)12-5-8-22(3)10-14(12)16-20-19-11-23(15)16;/h11,18H,4-8,10H2,1-3H3;1H. The van der Waals surface area contributed by atoms with Crippen LogP contribution in [0, 0.1) is 11.3 Å². The second-order valence-corrected chi connectivity index (χ2v) is 6.54. The lowest BCUT2D eigenvalue weighted by atomic mass is 9.96. The summed E-state index contributed by atoms with van der Waals surface area (Å²) in [5, 5.41) is 21.5. The van der Waals surface area contributed by atoms with Gasteiger partial charge in [0.15, 0.2) is 5.65 Å². The Morgan fingerprint density at radius 3 is 2.88 bits per heavy atom. The van der Waals surface area contributed by atoms with Crippen molar-refractivity contribution in [3.63, 3.8) is 0 Å². The number of quaternary nitrogens is 1. The molecule has 0 unspecified atom stereocenters. The molecule has 0 aliphatic carbocycles. The Morgan fingerprint density at radius 2 is 2.17 bits per heavy atom. The van der Waals surface area contributed by atoms with E-state index < -0.39 is 0 Å². The van der Waals surface area contributed by atoms with Crippen LogP contribution in [0.2, 0.25) is 0 Å². The number of rotatable bonds is 5. The molecule has 0 bridgehead atoms. The smallest absolute Gasteiger partial charge is 0.167 e. The van der Waals surface area contributed by atoms with Gasteiger partial charge in [-0.2, -0.15) is 5.26 Å². The van der Waals surface area contributed by atoms with Crippen LogP contribution in [0.3, 0.4) is 0 Å². The Balaban J connectivity index is 0.00000208. The quantitative estimate of drug-likeness (QED) is 0.549. The molecule has 0 saturated carbocycles. The maximum absolute atomic E-state index is 9.72. The van der Waals surface area contributed by atoms with Gasteiger partial charge in [-0.15, -0.1) is 10.2 Å². The van der Waals surface area contributed by atoms with Crippen LogP contribution in [0.25, 0.3) is 5.65 Å². The summed E-state index contributed by atoms with van der Waals surface area (Å²) in [6, 6.07) is 2.41. The number of nitrogens with one attached hydrogen (secondary N) is 2. The van der Waals surface area contributed by atoms with E-state index in [-0.39, 0.29) is 12.4 Å². The van der Waals surface area contributed by atoms with Crippen molar-refractivity contribution in [3.05, 3.63) is 23.0 Å². The summed E-state index contributed by atoms with van der Waals surface area (Å²) in [6.07, 6.45) is 3.63. The Hall–Kier alpha value is -1.88. The van der Waals surface area contributed by atoms with Crippen molar-refractivity contribution in [2.75, 3.05) is 46.1 Å². The van der Waals surface area contributed by atoms with Crippen LogP contribution in [0.4, 0.5) is 5.82 Å². The fourth-order valence-electron chi connectivity index (χ4n) is 3.19. The first-order chi connectivity index (χ1) is 11.1. The van der Waals surface area contributed by atoms with E-state index in [4.69, 9.17) is 0 Å². The second kappa shape index (κ2) is 7.79. The first kappa shape index (κ1) is 18.5. The highest BCUT2D eigenvalue weighted by Gasteiger charge is 2.24. The number of nitrogens with zero attached hydrogens (tertiary/aromatic N) is 5. The fourth-order valence-corrected chi connectivity index (χ4v) is 3.19. The SMILES string of the molecule is CN1CCc2c(C#N)c(NCCC[NH+](C)C)n3cnnc3c2C1.[Cl-]. The minimum absolute atomic E-state index is 0. The van der Waals surface area contributed by atoms with E-state index in [2.05, 4.69) is 47.6 Å². The summed E-state index contributed by atoms with van der Waals surface area (Å²) in [4.78, 5) is 3.68. The van der Waals surface area contributed by atoms with E-state index in [1.54, 1.807) is 6.33 Å². The van der Waals surface area contributed by atoms with Crippen LogP contribution in [-0.4, -0.2) is 60.3 Å². The third-order valence-corrected chi connectivity index (χ3v) is 4.39. The summed E-state index contributed by atoms with van der Waals surface area (Å²) in [5.41, 5.74) is 3.88. The van der Waals surface area contributed by atoms with Crippen molar-refractivity contribution < 1.29 is 17.3 Å². The molecule has 1 aliphatic heterocycles. The van der Waals surface area contributed by atoms with Gasteiger partial charge < -0.3 is 27.5 Å². The highest BCUT2D eigenvalue weighted by molar-refractivity contribution is 5.68. The molecule has 0 spiro atoms. The van der Waals surface area contributed by atoms with Crippen molar-refractivity contribution >= 4 is 11.5 Å². The van der Waals surface area contributed by atoms with Gasteiger partial charge in [-0.1, -0.05) is 0 Å². The number of nitriles is 1. The Bertz CT molecular complexity index is 747. The maximum Gasteiger partial charge on any atom is 0.167 e. The molecule has 0 saturated heterocycles. The Labute approximate surface area is 148 Å². The highest BCUT2D eigenvalue weighted by atomic mass is 35.5. The van der Waals surface area contributed by atoms with Crippen LogP contribution >= 0.6 is 0 Å². The predicted molar refractivity (Wildman–Crippen MR) is 88.5 cm³/mol. The Kier molecular flexibility index (Phi) is 5.99. The van der Waals surface area contributed by atoms with Gasteiger partial charge in [-0.3, -0.25) is 4.40 Å². The molecule has 1 aliphatic rings. The second-order valence-electron chi connectivity index (χ2n) is 6.54. The number of halogens is 1. The first-order valence-electron chi connectivity index (χ1n) is 8.10. The molecule has 0 aromatic carbocycles. The highest BCUT2D eigenvalue weighted by Crippen LogP contribution is 2.30. The van der Waals surface area contributed by atoms with Crippen LogP contribution in [0.1, 0.15) is 23.1 Å². The molecule has 130 valence electrons. The maximum atomic E-state index is 9.72. The minimum Gasteiger partial charge on any atom is -1.00 e. The lowest BCUT2D eigenvalue weighted by molar-refractivity contribution is -0.858. The molecular formula is C16H24ClN7. The van der Waals surface area contributed by atoms with Gasteiger partial charge in [0.1, 0.15) is 18.2 Å². The van der Waals surface area contributed by atoms with Crippen molar-refractivity contribution in [1.82, 2.24) is 19.5 Å². The summed E-state index contributed by atoms with van der Waals surface area (Å²) in [7, 11) is 6.39. The molecule has 3 rings (SSSR count). The lowest BCUT2D eigenvalue weighted by Gasteiger charge is -2.27. The lowest BCUT2D eigenvalue weighted by Crippen LogP contribution is -3.05. The zero-order valence-corrected chi connectivity index (χ0v) is 15.2. The summed E-state index contributed by atoms with van der Waals surface area (Å²) < 4.78 is 1.93. The number of hydrogen-bond donors (Lipinski definition) is 2. The third kappa shape index (κ3) is 3.46. The number of anilines is 1. The van der Waals surface area contributed by atoms with Crippen LogP contribution < -0.4 is 22.6 Å². The number of aromatic nitrogens is 3. The largest absolute Gasteiger partial charge is 1.00 e. The topological polar surface area (TPSA) is 73.7 Å². The zero-order valence-electron chi connectivity index (χ0n) is 14.4. The van der Waals surface area contributed by atoms with Crippen molar-refractivity contribution in [1.29, 1.82) is 5.26 Å². The molecule has 24 heavy (non-hydrogen) atoms. The van der Waals surface area contributed by atoms with E-state index in [0.717, 1.165) is 67.2 Å². The number of pyridine rings is 1. The van der Waals surface area contributed by atoms with Gasteiger partial charge in [0, 0.05) is 31.6 Å². The molecule has 7 nitrogen and oxygen atoms in total. The molecular weight excluding hydrogens is 326 g/mol. The number of hydrogen-bond acceptors (Lipinski definition) is 5. The van der Waals surface area contributed by atoms with E-state index in [0.29, 0.717) is 0 Å². The third-order valence-electron chi connectivity index (χ3n) is 4.39. The molecule has 0 fully saturated rings. The number of likely N-dealkylation sites (N-methyl/N-ethyl adjacent to an activating group) is 1. The van der Waals surface area contributed by atoms with Crippen LogP contribution in [0.5, 0.6) is 0 Å². The van der Waals surface area contributed by atoms with Gasteiger partial charge in [0.2, 0.25) is 0 Å².